The first-order valence-corrected chi connectivity index (χ1v) is 10.4. The van der Waals surface area contributed by atoms with E-state index in [-0.39, 0.29) is 17.6 Å². The number of hydrogen-bond acceptors (Lipinski definition) is 4. The maximum absolute atomic E-state index is 13.7. The number of hydrogen-bond donors (Lipinski definition) is 0. The van der Waals surface area contributed by atoms with Crippen molar-refractivity contribution in [2.75, 3.05) is 21.2 Å². The molecule has 2 aromatic carbocycles. The lowest BCUT2D eigenvalue weighted by Gasteiger charge is -2.24. The second-order valence-electron chi connectivity index (χ2n) is 8.09. The Balaban J connectivity index is 2.00. The monoisotopic (exact) mass is 418 g/mol. The first kappa shape index (κ1) is 22.5. The minimum atomic E-state index is -0.388. The van der Waals surface area contributed by atoms with Crippen LogP contribution < -0.4 is 4.74 Å². The second-order valence-corrected chi connectivity index (χ2v) is 8.09. The number of aryl methyl sites for hydroxylation is 1. The second kappa shape index (κ2) is 9.31. The van der Waals surface area contributed by atoms with Crippen molar-refractivity contribution in [2.45, 2.75) is 33.2 Å². The average Bonchev–Trinajstić information content (AvgIpc) is 3.05. The zero-order valence-corrected chi connectivity index (χ0v) is 19.1. The molecule has 1 atom stereocenters. The summed E-state index contributed by atoms with van der Waals surface area (Å²) < 4.78 is 7.61. The van der Waals surface area contributed by atoms with Crippen LogP contribution in [0.25, 0.3) is 5.69 Å². The quantitative estimate of drug-likeness (QED) is 0.499. The fourth-order valence-corrected chi connectivity index (χ4v) is 4.04. The molecule has 0 fully saturated rings. The topological polar surface area (TPSA) is 51.5 Å². The van der Waals surface area contributed by atoms with E-state index in [0.717, 1.165) is 22.6 Å². The molecule has 0 saturated heterocycles. The molecule has 3 rings (SSSR count). The van der Waals surface area contributed by atoms with Gasteiger partial charge in [0.25, 0.3) is 0 Å². The molecule has 1 unspecified atom stereocenters. The molecule has 0 saturated carbocycles. The lowest BCUT2D eigenvalue weighted by Crippen LogP contribution is -2.38. The number of carbonyl (C=O) groups is 2. The Hall–Kier alpha value is -3.18. The number of methoxy groups -OCH3 is 1. The first-order chi connectivity index (χ1) is 14.7. The van der Waals surface area contributed by atoms with E-state index >= 15 is 0 Å². The Bertz CT molecular complexity index is 1100. The molecular formula is C26H30N2O3. The van der Waals surface area contributed by atoms with Crippen molar-refractivity contribution >= 4 is 11.6 Å². The van der Waals surface area contributed by atoms with Gasteiger partial charge >= 0.3 is 0 Å². The van der Waals surface area contributed by atoms with Crippen LogP contribution in [0.15, 0.2) is 54.6 Å². The summed E-state index contributed by atoms with van der Waals surface area (Å²) in [6.45, 7) is 5.54. The van der Waals surface area contributed by atoms with Crippen LogP contribution in [0.2, 0.25) is 0 Å². The summed E-state index contributed by atoms with van der Waals surface area (Å²) in [6, 6.07) is 17.0. The molecule has 162 valence electrons. The van der Waals surface area contributed by atoms with Gasteiger partial charge in [0.2, 0.25) is 0 Å². The van der Waals surface area contributed by atoms with Crippen molar-refractivity contribution in [3.63, 3.8) is 0 Å². The summed E-state index contributed by atoms with van der Waals surface area (Å²) in [6.07, 6.45) is 0.450. The van der Waals surface area contributed by atoms with Gasteiger partial charge < -0.3 is 9.30 Å². The SMILES string of the molecule is COc1ccc(C(C)=O)cc1CC(C(=O)c1cc(C)n(-c2ccccc2)c1C)N(C)C. The third-order valence-corrected chi connectivity index (χ3v) is 5.74. The highest BCUT2D eigenvalue weighted by atomic mass is 16.5. The van der Waals surface area contributed by atoms with Gasteiger partial charge in [0, 0.05) is 28.2 Å². The molecule has 0 aliphatic rings. The molecule has 0 aliphatic carbocycles. The molecule has 0 amide bonds. The lowest BCUT2D eigenvalue weighted by molar-refractivity contribution is 0.0873. The molecule has 0 N–H and O–H groups in total. The van der Waals surface area contributed by atoms with Crippen molar-refractivity contribution in [1.82, 2.24) is 9.47 Å². The Morgan fingerprint density at radius 1 is 1.03 bits per heavy atom. The van der Waals surface area contributed by atoms with Gasteiger partial charge in [-0.05, 0) is 83.2 Å². The van der Waals surface area contributed by atoms with E-state index in [2.05, 4.69) is 4.57 Å². The number of aromatic nitrogens is 1. The van der Waals surface area contributed by atoms with Crippen molar-refractivity contribution in [1.29, 1.82) is 0 Å². The normalized spacial score (nSPS) is 12.1. The Morgan fingerprint density at radius 3 is 2.29 bits per heavy atom. The largest absolute Gasteiger partial charge is 0.496 e. The van der Waals surface area contributed by atoms with Crippen molar-refractivity contribution in [3.8, 4) is 11.4 Å². The van der Waals surface area contributed by atoms with E-state index in [1.54, 1.807) is 26.2 Å². The molecule has 0 aliphatic heterocycles. The first-order valence-electron chi connectivity index (χ1n) is 10.4. The number of ketones is 2. The smallest absolute Gasteiger partial charge is 0.182 e. The number of Topliss-reactive ketones (excluding diaryl/α,β-unsaturated/α-hetero) is 2. The fraction of sp³-hybridized carbons (Fsp3) is 0.308. The van der Waals surface area contributed by atoms with Gasteiger partial charge in [0.15, 0.2) is 11.6 Å². The van der Waals surface area contributed by atoms with Gasteiger partial charge in [-0.1, -0.05) is 18.2 Å². The number of likely N-dealkylation sites (N-methyl/N-ethyl adjacent to an activating group) is 1. The van der Waals surface area contributed by atoms with Crippen LogP contribution >= 0.6 is 0 Å². The highest BCUT2D eigenvalue weighted by Gasteiger charge is 2.27. The molecule has 0 radical (unpaired) electrons. The summed E-state index contributed by atoms with van der Waals surface area (Å²) in [7, 11) is 5.41. The molecule has 3 aromatic rings. The standard InChI is InChI=1S/C26H30N2O3/c1-17-14-23(18(2)28(17)22-10-8-7-9-11-22)26(30)24(27(4)5)16-21-15-20(19(3)29)12-13-25(21)31-6/h7-15,24H,16H2,1-6H3. The lowest BCUT2D eigenvalue weighted by atomic mass is 9.94. The molecule has 1 aromatic heterocycles. The van der Waals surface area contributed by atoms with Gasteiger partial charge in [-0.2, -0.15) is 0 Å². The van der Waals surface area contributed by atoms with Gasteiger partial charge in [-0.3, -0.25) is 14.5 Å². The molecule has 31 heavy (non-hydrogen) atoms. The molecule has 0 bridgehead atoms. The van der Waals surface area contributed by atoms with Crippen LogP contribution in [0.4, 0.5) is 0 Å². The number of rotatable bonds is 8. The predicted octanol–water partition coefficient (Wildman–Crippen LogP) is 4.66. The fourth-order valence-electron chi connectivity index (χ4n) is 4.04. The maximum Gasteiger partial charge on any atom is 0.182 e. The summed E-state index contributed by atoms with van der Waals surface area (Å²) in [5, 5.41) is 0. The summed E-state index contributed by atoms with van der Waals surface area (Å²) in [4.78, 5) is 27.5. The molecule has 5 nitrogen and oxygen atoms in total. The van der Waals surface area contributed by atoms with Gasteiger partial charge in [0.05, 0.1) is 13.2 Å². The third-order valence-electron chi connectivity index (χ3n) is 5.74. The number of nitrogens with zero attached hydrogens (tertiary/aromatic N) is 2. The highest BCUT2D eigenvalue weighted by Crippen LogP contribution is 2.27. The van der Waals surface area contributed by atoms with Crippen molar-refractivity contribution < 1.29 is 14.3 Å². The summed E-state index contributed by atoms with van der Waals surface area (Å²) >= 11 is 0. The van der Waals surface area contributed by atoms with Gasteiger partial charge in [-0.15, -0.1) is 0 Å². The Labute approximate surface area is 184 Å². The van der Waals surface area contributed by atoms with Crippen molar-refractivity contribution in [2.24, 2.45) is 0 Å². The van der Waals surface area contributed by atoms with E-state index < -0.39 is 0 Å². The van der Waals surface area contributed by atoms with E-state index in [0.29, 0.717) is 23.3 Å². The zero-order valence-electron chi connectivity index (χ0n) is 19.1. The van der Waals surface area contributed by atoms with Crippen LogP contribution in [0, 0.1) is 13.8 Å². The van der Waals surface area contributed by atoms with Crippen LogP contribution in [-0.2, 0) is 6.42 Å². The molecule has 1 heterocycles. The van der Waals surface area contributed by atoms with E-state index in [4.69, 9.17) is 4.74 Å². The van der Waals surface area contributed by atoms with Crippen LogP contribution in [0.5, 0.6) is 5.75 Å². The van der Waals surface area contributed by atoms with Crippen LogP contribution in [-0.4, -0.2) is 48.3 Å². The Morgan fingerprint density at radius 2 is 1.71 bits per heavy atom. The van der Waals surface area contributed by atoms with E-state index in [1.807, 2.05) is 75.3 Å². The number of carbonyl (C=O) groups excluding carboxylic acids is 2. The number of benzene rings is 2. The highest BCUT2D eigenvalue weighted by molar-refractivity contribution is 6.02. The summed E-state index contributed by atoms with van der Waals surface area (Å²) in [5.41, 5.74) is 5.14. The Kier molecular flexibility index (Phi) is 6.76. The van der Waals surface area contributed by atoms with Crippen LogP contribution in [0.1, 0.15) is 44.6 Å². The molecular weight excluding hydrogens is 388 g/mol. The van der Waals surface area contributed by atoms with Crippen LogP contribution in [0.3, 0.4) is 0 Å². The average molecular weight is 419 g/mol. The maximum atomic E-state index is 13.7. The molecule has 0 spiro atoms. The number of ether oxygens (including phenoxy) is 1. The minimum Gasteiger partial charge on any atom is -0.496 e. The van der Waals surface area contributed by atoms with Crippen molar-refractivity contribution in [3.05, 3.63) is 82.7 Å². The van der Waals surface area contributed by atoms with Gasteiger partial charge in [-0.25, -0.2) is 0 Å². The molecule has 5 heteroatoms. The predicted molar refractivity (Wildman–Crippen MR) is 124 cm³/mol. The summed E-state index contributed by atoms with van der Waals surface area (Å²) in [5.74, 6) is 0.720. The minimum absolute atomic E-state index is 0.0111. The van der Waals surface area contributed by atoms with E-state index in [1.165, 1.54) is 0 Å². The third kappa shape index (κ3) is 4.62. The zero-order chi connectivity index (χ0) is 22.7. The van der Waals surface area contributed by atoms with E-state index in [9.17, 15) is 9.59 Å². The van der Waals surface area contributed by atoms with Gasteiger partial charge in [0.1, 0.15) is 5.75 Å². The number of para-hydroxylation sites is 1.